The van der Waals surface area contributed by atoms with Crippen molar-refractivity contribution in [2.24, 2.45) is 0 Å². The number of hydrogen-bond donors (Lipinski definition) is 2. The second-order valence-electron chi connectivity index (χ2n) is 6.81. The van der Waals surface area contributed by atoms with Gasteiger partial charge in [-0.25, -0.2) is 0 Å². The SMILES string of the molecule is CC(CCc1ccc(O)cc1)NCC1(N(C)C)CCCC1. The van der Waals surface area contributed by atoms with Gasteiger partial charge in [-0.1, -0.05) is 25.0 Å². The zero-order valence-electron chi connectivity index (χ0n) is 13.7. The number of phenols is 1. The predicted octanol–water partition coefficient (Wildman–Crippen LogP) is 3.18. The molecule has 0 saturated heterocycles. The predicted molar refractivity (Wildman–Crippen MR) is 88.8 cm³/mol. The van der Waals surface area contributed by atoms with Crippen LogP contribution in [0, 0.1) is 0 Å². The molecule has 1 aromatic rings. The van der Waals surface area contributed by atoms with Crippen LogP contribution in [0.4, 0.5) is 0 Å². The summed E-state index contributed by atoms with van der Waals surface area (Å²) in [5.41, 5.74) is 1.66. The molecule has 0 spiro atoms. The number of phenolic OH excluding ortho intramolecular Hbond substituents is 1. The van der Waals surface area contributed by atoms with Gasteiger partial charge in [0.2, 0.25) is 0 Å². The second kappa shape index (κ2) is 7.28. The van der Waals surface area contributed by atoms with Crippen LogP contribution in [-0.2, 0) is 6.42 Å². The van der Waals surface area contributed by atoms with E-state index in [2.05, 4.69) is 31.2 Å². The van der Waals surface area contributed by atoms with Crippen molar-refractivity contribution >= 4 is 0 Å². The van der Waals surface area contributed by atoms with Crippen molar-refractivity contribution in [2.75, 3.05) is 20.6 Å². The normalized spacial score (nSPS) is 19.0. The molecule has 118 valence electrons. The number of likely N-dealkylation sites (N-methyl/N-ethyl adjacent to an activating group) is 1. The van der Waals surface area contributed by atoms with E-state index in [1.165, 1.54) is 31.2 Å². The summed E-state index contributed by atoms with van der Waals surface area (Å²) in [6.07, 6.45) is 7.55. The van der Waals surface area contributed by atoms with Crippen molar-refractivity contribution in [3.8, 4) is 5.75 Å². The first-order chi connectivity index (χ1) is 10.0. The molecule has 1 aromatic carbocycles. The molecule has 2 N–H and O–H groups in total. The Labute approximate surface area is 129 Å². The fraction of sp³-hybridized carbons (Fsp3) is 0.667. The van der Waals surface area contributed by atoms with E-state index in [1.807, 2.05) is 12.1 Å². The maximum atomic E-state index is 9.30. The van der Waals surface area contributed by atoms with Gasteiger partial charge in [-0.15, -0.1) is 0 Å². The number of rotatable bonds is 7. The summed E-state index contributed by atoms with van der Waals surface area (Å²) in [5, 5.41) is 13.0. The standard InChI is InChI=1S/C18H30N2O/c1-15(6-7-16-8-10-17(21)11-9-16)19-14-18(20(2)3)12-4-5-13-18/h8-11,15,19,21H,4-7,12-14H2,1-3H3. The second-order valence-corrected chi connectivity index (χ2v) is 6.81. The number of aromatic hydroxyl groups is 1. The quantitative estimate of drug-likeness (QED) is 0.809. The van der Waals surface area contributed by atoms with Gasteiger partial charge in [-0.05, 0) is 64.4 Å². The van der Waals surface area contributed by atoms with E-state index < -0.39 is 0 Å². The molecule has 21 heavy (non-hydrogen) atoms. The van der Waals surface area contributed by atoms with Crippen LogP contribution in [0.1, 0.15) is 44.6 Å². The monoisotopic (exact) mass is 290 g/mol. The van der Waals surface area contributed by atoms with Crippen LogP contribution in [0.2, 0.25) is 0 Å². The summed E-state index contributed by atoms with van der Waals surface area (Å²) in [6.45, 7) is 3.37. The van der Waals surface area contributed by atoms with Gasteiger partial charge in [0.05, 0.1) is 0 Å². The van der Waals surface area contributed by atoms with Crippen LogP contribution < -0.4 is 5.32 Å². The van der Waals surface area contributed by atoms with Crippen LogP contribution >= 0.6 is 0 Å². The van der Waals surface area contributed by atoms with Crippen molar-refractivity contribution in [3.63, 3.8) is 0 Å². The molecule has 0 heterocycles. The maximum Gasteiger partial charge on any atom is 0.115 e. The van der Waals surface area contributed by atoms with Crippen molar-refractivity contribution in [2.45, 2.75) is 57.0 Å². The average molecular weight is 290 g/mol. The topological polar surface area (TPSA) is 35.5 Å². The molecular formula is C18H30N2O. The number of hydrogen-bond acceptors (Lipinski definition) is 3. The van der Waals surface area contributed by atoms with E-state index in [0.29, 0.717) is 17.3 Å². The van der Waals surface area contributed by atoms with E-state index >= 15 is 0 Å². The lowest BCUT2D eigenvalue weighted by atomic mass is 9.95. The highest BCUT2D eigenvalue weighted by Crippen LogP contribution is 2.33. The van der Waals surface area contributed by atoms with Crippen LogP contribution in [-0.4, -0.2) is 42.2 Å². The minimum absolute atomic E-state index is 0.346. The van der Waals surface area contributed by atoms with Crippen LogP contribution in [0.25, 0.3) is 0 Å². The third-order valence-electron chi connectivity index (χ3n) is 5.06. The van der Waals surface area contributed by atoms with E-state index in [0.717, 1.165) is 19.4 Å². The Balaban J connectivity index is 1.76. The van der Waals surface area contributed by atoms with E-state index in [9.17, 15) is 5.11 Å². The summed E-state index contributed by atoms with van der Waals surface area (Å²) in [7, 11) is 4.43. The van der Waals surface area contributed by atoms with Crippen LogP contribution in [0.15, 0.2) is 24.3 Å². The highest BCUT2D eigenvalue weighted by Gasteiger charge is 2.35. The van der Waals surface area contributed by atoms with E-state index in [-0.39, 0.29) is 0 Å². The first-order valence-electron chi connectivity index (χ1n) is 8.21. The Morgan fingerprint density at radius 2 is 1.81 bits per heavy atom. The average Bonchev–Trinajstić information content (AvgIpc) is 2.95. The van der Waals surface area contributed by atoms with Crippen LogP contribution in [0.3, 0.4) is 0 Å². The van der Waals surface area contributed by atoms with Gasteiger partial charge in [0, 0.05) is 18.1 Å². The van der Waals surface area contributed by atoms with Crippen molar-refractivity contribution in [1.29, 1.82) is 0 Å². The fourth-order valence-electron chi connectivity index (χ4n) is 3.33. The lowest BCUT2D eigenvalue weighted by molar-refractivity contribution is 0.149. The summed E-state index contributed by atoms with van der Waals surface area (Å²) in [6, 6.07) is 8.09. The Morgan fingerprint density at radius 3 is 2.38 bits per heavy atom. The first kappa shape index (κ1) is 16.3. The number of nitrogens with one attached hydrogen (secondary N) is 1. The smallest absolute Gasteiger partial charge is 0.115 e. The Hall–Kier alpha value is -1.06. The van der Waals surface area contributed by atoms with Gasteiger partial charge in [0.15, 0.2) is 0 Å². The van der Waals surface area contributed by atoms with Gasteiger partial charge in [0.25, 0.3) is 0 Å². The van der Waals surface area contributed by atoms with Crippen molar-refractivity contribution < 1.29 is 5.11 Å². The van der Waals surface area contributed by atoms with Gasteiger partial charge in [-0.3, -0.25) is 0 Å². The molecule has 0 bridgehead atoms. The molecule has 1 aliphatic carbocycles. The maximum absolute atomic E-state index is 9.30. The molecule has 2 rings (SSSR count). The Morgan fingerprint density at radius 1 is 1.19 bits per heavy atom. The fourth-order valence-corrected chi connectivity index (χ4v) is 3.33. The molecule has 1 fully saturated rings. The summed E-state index contributed by atoms with van der Waals surface area (Å²) >= 11 is 0. The molecule has 3 nitrogen and oxygen atoms in total. The molecule has 1 aliphatic rings. The zero-order valence-corrected chi connectivity index (χ0v) is 13.7. The molecular weight excluding hydrogens is 260 g/mol. The molecule has 0 aromatic heterocycles. The lowest BCUT2D eigenvalue weighted by Gasteiger charge is -2.37. The molecule has 0 amide bonds. The summed E-state index contributed by atoms with van der Waals surface area (Å²) in [4.78, 5) is 2.42. The lowest BCUT2D eigenvalue weighted by Crippen LogP contribution is -2.51. The molecule has 1 unspecified atom stereocenters. The Kier molecular flexibility index (Phi) is 5.65. The van der Waals surface area contributed by atoms with E-state index in [4.69, 9.17) is 0 Å². The molecule has 1 saturated carbocycles. The first-order valence-corrected chi connectivity index (χ1v) is 8.21. The largest absolute Gasteiger partial charge is 0.508 e. The zero-order chi connectivity index (χ0) is 15.3. The van der Waals surface area contributed by atoms with Crippen molar-refractivity contribution in [1.82, 2.24) is 10.2 Å². The van der Waals surface area contributed by atoms with Gasteiger partial charge < -0.3 is 15.3 Å². The van der Waals surface area contributed by atoms with Gasteiger partial charge in [0.1, 0.15) is 5.75 Å². The Bertz CT molecular complexity index is 421. The van der Waals surface area contributed by atoms with Crippen LogP contribution in [0.5, 0.6) is 5.75 Å². The van der Waals surface area contributed by atoms with Gasteiger partial charge in [-0.2, -0.15) is 0 Å². The molecule has 0 radical (unpaired) electrons. The van der Waals surface area contributed by atoms with E-state index in [1.54, 1.807) is 12.1 Å². The third kappa shape index (κ3) is 4.45. The number of aryl methyl sites for hydroxylation is 1. The third-order valence-corrected chi connectivity index (χ3v) is 5.06. The number of nitrogens with zero attached hydrogens (tertiary/aromatic N) is 1. The summed E-state index contributed by atoms with van der Waals surface area (Å²) < 4.78 is 0. The molecule has 0 aliphatic heterocycles. The molecule has 3 heteroatoms. The van der Waals surface area contributed by atoms with Crippen molar-refractivity contribution in [3.05, 3.63) is 29.8 Å². The minimum Gasteiger partial charge on any atom is -0.508 e. The van der Waals surface area contributed by atoms with Gasteiger partial charge >= 0.3 is 0 Å². The highest BCUT2D eigenvalue weighted by molar-refractivity contribution is 5.25. The number of benzene rings is 1. The molecule has 1 atom stereocenters. The minimum atomic E-state index is 0.346. The highest BCUT2D eigenvalue weighted by atomic mass is 16.3. The summed E-state index contributed by atoms with van der Waals surface area (Å²) in [5.74, 6) is 0.346.